The van der Waals surface area contributed by atoms with Crippen molar-refractivity contribution in [2.24, 2.45) is 0 Å². The van der Waals surface area contributed by atoms with Crippen molar-refractivity contribution in [3.63, 3.8) is 0 Å². The predicted molar refractivity (Wildman–Crippen MR) is 108 cm³/mol. The summed E-state index contributed by atoms with van der Waals surface area (Å²) >= 11 is 12.7. The minimum Gasteiger partial charge on any atom is -0.381 e. The number of benzene rings is 2. The lowest BCUT2D eigenvalue weighted by molar-refractivity contribution is -0.125. The summed E-state index contributed by atoms with van der Waals surface area (Å²) in [5.41, 5.74) is 1.06. The van der Waals surface area contributed by atoms with Crippen LogP contribution in [0.4, 0.5) is 11.4 Å². The van der Waals surface area contributed by atoms with Gasteiger partial charge in [-0.1, -0.05) is 41.4 Å². The summed E-state index contributed by atoms with van der Waals surface area (Å²) in [6, 6.07) is 12.4. The molecule has 1 heterocycles. The first-order chi connectivity index (χ1) is 12.9. The van der Waals surface area contributed by atoms with E-state index < -0.39 is 5.41 Å². The molecule has 1 aliphatic heterocycles. The molecule has 0 aromatic heterocycles. The van der Waals surface area contributed by atoms with Crippen LogP contribution in [0.3, 0.4) is 0 Å². The van der Waals surface area contributed by atoms with Crippen molar-refractivity contribution in [1.82, 2.24) is 0 Å². The van der Waals surface area contributed by atoms with E-state index in [0.717, 1.165) is 5.56 Å². The second-order valence-corrected chi connectivity index (χ2v) is 7.32. The summed E-state index contributed by atoms with van der Waals surface area (Å²) in [6.07, 6.45) is 1.06. The molecule has 3 rings (SSSR count). The zero-order valence-corrected chi connectivity index (χ0v) is 16.4. The molecule has 0 radical (unpaired) electrons. The van der Waals surface area contributed by atoms with Crippen LogP contribution in [0.5, 0.6) is 0 Å². The molecule has 2 N–H and O–H groups in total. The number of carbonyl (C=O) groups excluding carboxylic acids is 2. The number of hydrogen-bond donors (Lipinski definition) is 2. The smallest absolute Gasteiger partial charge is 0.235 e. The number of ether oxygens (including phenoxy) is 1. The third-order valence-electron chi connectivity index (χ3n) is 4.71. The number of amides is 2. The van der Waals surface area contributed by atoms with E-state index in [1.54, 1.807) is 24.3 Å². The molecule has 27 heavy (non-hydrogen) atoms. The number of halogens is 2. The van der Waals surface area contributed by atoms with Gasteiger partial charge in [0.15, 0.2) is 0 Å². The van der Waals surface area contributed by atoms with Crippen molar-refractivity contribution in [3.8, 4) is 0 Å². The largest absolute Gasteiger partial charge is 0.381 e. The van der Waals surface area contributed by atoms with Crippen LogP contribution in [-0.4, -0.2) is 25.0 Å². The molecule has 1 saturated heterocycles. The molecule has 2 amide bonds. The minimum atomic E-state index is -0.782. The van der Waals surface area contributed by atoms with Gasteiger partial charge in [-0.25, -0.2) is 0 Å². The van der Waals surface area contributed by atoms with Crippen LogP contribution in [0.25, 0.3) is 0 Å². The molecule has 7 heteroatoms. The molecule has 0 aliphatic carbocycles. The SMILES string of the molecule is CC(=O)Nc1ccc(NC(=O)C2(c3ccccc3Cl)CCOCC2)c(Cl)c1. The van der Waals surface area contributed by atoms with Gasteiger partial charge in [0, 0.05) is 30.8 Å². The monoisotopic (exact) mass is 406 g/mol. The quantitative estimate of drug-likeness (QED) is 0.776. The fraction of sp³-hybridized carbons (Fsp3) is 0.300. The molecule has 1 fully saturated rings. The molecular weight excluding hydrogens is 387 g/mol. The summed E-state index contributed by atoms with van der Waals surface area (Å²) in [4.78, 5) is 24.5. The van der Waals surface area contributed by atoms with Crippen LogP contribution in [0.1, 0.15) is 25.3 Å². The summed E-state index contributed by atoms with van der Waals surface area (Å²) in [5.74, 6) is -0.365. The van der Waals surface area contributed by atoms with Gasteiger partial charge in [0.05, 0.1) is 16.1 Å². The molecule has 142 valence electrons. The molecule has 0 spiro atoms. The van der Waals surface area contributed by atoms with Crippen LogP contribution in [0, 0.1) is 0 Å². The standard InChI is InChI=1S/C20H20Cl2N2O3/c1-13(25)23-14-6-7-18(17(22)12-14)24-19(26)20(8-10-27-11-9-20)15-4-2-3-5-16(15)21/h2-7,12H,8-11H2,1H3,(H,23,25)(H,24,26). The molecular formula is C20H20Cl2N2O3. The Kier molecular flexibility index (Phi) is 6.05. The maximum Gasteiger partial charge on any atom is 0.235 e. The van der Waals surface area contributed by atoms with Crippen molar-refractivity contribution in [2.75, 3.05) is 23.8 Å². The van der Waals surface area contributed by atoms with Gasteiger partial charge in [-0.05, 0) is 42.7 Å². The lowest BCUT2D eigenvalue weighted by atomic mass is 9.73. The average Bonchev–Trinajstić information content (AvgIpc) is 2.64. The number of nitrogens with one attached hydrogen (secondary N) is 2. The Morgan fingerprint density at radius 1 is 1.00 bits per heavy atom. The van der Waals surface area contributed by atoms with Gasteiger partial charge in [0.2, 0.25) is 11.8 Å². The third-order valence-corrected chi connectivity index (χ3v) is 5.35. The lowest BCUT2D eigenvalue weighted by Crippen LogP contribution is -2.45. The molecule has 0 atom stereocenters. The third kappa shape index (κ3) is 4.26. The maximum absolute atomic E-state index is 13.3. The first-order valence-electron chi connectivity index (χ1n) is 8.64. The van der Waals surface area contributed by atoms with Crippen molar-refractivity contribution in [1.29, 1.82) is 0 Å². The second-order valence-electron chi connectivity index (χ2n) is 6.50. The zero-order valence-electron chi connectivity index (χ0n) is 14.9. The van der Waals surface area contributed by atoms with E-state index in [1.807, 2.05) is 18.2 Å². The Bertz CT molecular complexity index is 864. The van der Waals surface area contributed by atoms with Gasteiger partial charge in [-0.3, -0.25) is 9.59 Å². The van der Waals surface area contributed by atoms with E-state index in [1.165, 1.54) is 6.92 Å². The van der Waals surface area contributed by atoms with Gasteiger partial charge < -0.3 is 15.4 Å². The Hall–Kier alpha value is -2.08. The van der Waals surface area contributed by atoms with E-state index in [2.05, 4.69) is 10.6 Å². The normalized spacial score (nSPS) is 15.8. The summed E-state index contributed by atoms with van der Waals surface area (Å²) in [5, 5.41) is 6.49. The van der Waals surface area contributed by atoms with E-state index in [0.29, 0.717) is 47.5 Å². The van der Waals surface area contributed by atoms with Gasteiger partial charge >= 0.3 is 0 Å². The van der Waals surface area contributed by atoms with Gasteiger partial charge in [-0.15, -0.1) is 0 Å². The Morgan fingerprint density at radius 2 is 1.70 bits per heavy atom. The Balaban J connectivity index is 1.90. The summed E-state index contributed by atoms with van der Waals surface area (Å²) in [7, 11) is 0. The van der Waals surface area contributed by atoms with E-state index in [4.69, 9.17) is 27.9 Å². The molecule has 1 aliphatic rings. The van der Waals surface area contributed by atoms with Crippen molar-refractivity contribution < 1.29 is 14.3 Å². The van der Waals surface area contributed by atoms with Crippen LogP contribution < -0.4 is 10.6 Å². The molecule has 5 nitrogen and oxygen atoms in total. The minimum absolute atomic E-state index is 0.173. The van der Waals surface area contributed by atoms with E-state index in [9.17, 15) is 9.59 Å². The van der Waals surface area contributed by atoms with E-state index in [-0.39, 0.29) is 11.8 Å². The van der Waals surface area contributed by atoms with Crippen LogP contribution in [0.2, 0.25) is 10.0 Å². The second kappa shape index (κ2) is 8.30. The van der Waals surface area contributed by atoms with Crippen molar-refractivity contribution in [3.05, 3.63) is 58.1 Å². The van der Waals surface area contributed by atoms with Crippen LogP contribution >= 0.6 is 23.2 Å². The predicted octanol–water partition coefficient (Wildman–Crippen LogP) is 4.64. The molecule has 2 aromatic rings. The van der Waals surface area contributed by atoms with Gasteiger partial charge in [-0.2, -0.15) is 0 Å². The zero-order chi connectivity index (χ0) is 19.4. The Morgan fingerprint density at radius 3 is 2.33 bits per heavy atom. The number of anilines is 2. The van der Waals surface area contributed by atoms with Gasteiger partial charge in [0.25, 0.3) is 0 Å². The molecule has 0 bridgehead atoms. The highest BCUT2D eigenvalue weighted by atomic mass is 35.5. The summed E-state index contributed by atoms with van der Waals surface area (Å²) in [6.45, 7) is 2.38. The molecule has 0 saturated carbocycles. The maximum atomic E-state index is 13.3. The molecule has 0 unspecified atom stereocenters. The van der Waals surface area contributed by atoms with Gasteiger partial charge in [0.1, 0.15) is 0 Å². The fourth-order valence-corrected chi connectivity index (χ4v) is 3.87. The number of carbonyl (C=O) groups is 2. The molecule has 2 aromatic carbocycles. The Labute approximate surface area is 168 Å². The lowest BCUT2D eigenvalue weighted by Gasteiger charge is -2.36. The van der Waals surface area contributed by atoms with Crippen molar-refractivity contribution in [2.45, 2.75) is 25.2 Å². The highest BCUT2D eigenvalue weighted by Gasteiger charge is 2.43. The van der Waals surface area contributed by atoms with Crippen LogP contribution in [-0.2, 0) is 19.7 Å². The fourth-order valence-electron chi connectivity index (χ4n) is 3.33. The van der Waals surface area contributed by atoms with Crippen molar-refractivity contribution >= 4 is 46.4 Å². The van der Waals surface area contributed by atoms with E-state index >= 15 is 0 Å². The summed E-state index contributed by atoms with van der Waals surface area (Å²) < 4.78 is 5.47. The highest BCUT2D eigenvalue weighted by Crippen LogP contribution is 2.40. The highest BCUT2D eigenvalue weighted by molar-refractivity contribution is 6.34. The van der Waals surface area contributed by atoms with Crippen LogP contribution in [0.15, 0.2) is 42.5 Å². The number of hydrogen-bond acceptors (Lipinski definition) is 3. The topological polar surface area (TPSA) is 67.4 Å². The first-order valence-corrected chi connectivity index (χ1v) is 9.39. The number of rotatable bonds is 4. The first kappa shape index (κ1) is 19.7. The average molecular weight is 407 g/mol.